The number of ether oxygens (including phenoxy) is 1. The van der Waals surface area contributed by atoms with E-state index in [0.717, 1.165) is 12.5 Å². The van der Waals surface area contributed by atoms with Gasteiger partial charge in [-0.3, -0.25) is 4.99 Å². The fraction of sp³-hybridized carbons (Fsp3) is 0.533. The number of aliphatic imine (C=N–C) groups is 1. The lowest BCUT2D eigenvalue weighted by atomic mass is 10.2. The largest absolute Gasteiger partial charge is 0.489 e. The lowest BCUT2D eigenvalue weighted by Gasteiger charge is -2.18. The van der Waals surface area contributed by atoms with E-state index in [9.17, 15) is 4.39 Å². The maximum atomic E-state index is 12.8. The smallest absolute Gasteiger partial charge is 0.191 e. The van der Waals surface area contributed by atoms with E-state index in [1.165, 1.54) is 12.1 Å². The van der Waals surface area contributed by atoms with Crippen LogP contribution in [0.4, 0.5) is 4.39 Å². The van der Waals surface area contributed by atoms with Crippen molar-refractivity contribution in [3.8, 4) is 5.75 Å². The number of nitrogens with one attached hydrogen (secondary N) is 2. The van der Waals surface area contributed by atoms with E-state index in [1.807, 2.05) is 6.92 Å². The van der Waals surface area contributed by atoms with Gasteiger partial charge in [-0.1, -0.05) is 13.8 Å². The van der Waals surface area contributed by atoms with Crippen molar-refractivity contribution in [2.24, 2.45) is 10.9 Å². The van der Waals surface area contributed by atoms with E-state index in [0.29, 0.717) is 18.2 Å². The summed E-state index contributed by atoms with van der Waals surface area (Å²) in [4.78, 5) is 4.14. The highest BCUT2D eigenvalue weighted by Gasteiger charge is 2.06. The van der Waals surface area contributed by atoms with Gasteiger partial charge in [0, 0.05) is 13.6 Å². The molecule has 1 rings (SSSR count). The topological polar surface area (TPSA) is 45.7 Å². The molecule has 0 aliphatic rings. The molecule has 0 fully saturated rings. The van der Waals surface area contributed by atoms with Crippen LogP contribution in [-0.2, 0) is 0 Å². The fourth-order valence-corrected chi connectivity index (χ4v) is 1.55. The number of hydrogen-bond donors (Lipinski definition) is 2. The maximum Gasteiger partial charge on any atom is 0.191 e. The Morgan fingerprint density at radius 1 is 1.14 bits per heavy atom. The number of nitrogens with zero attached hydrogens (tertiary/aromatic N) is 1. The summed E-state index contributed by atoms with van der Waals surface area (Å²) < 4.78 is 18.5. The van der Waals surface area contributed by atoms with Crippen LogP contribution in [0.25, 0.3) is 0 Å². The second-order valence-corrected chi connectivity index (χ2v) is 5.11. The molecule has 0 saturated carbocycles. The van der Waals surface area contributed by atoms with Crippen LogP contribution in [0.1, 0.15) is 20.8 Å². The van der Waals surface area contributed by atoms with Crippen molar-refractivity contribution in [1.29, 1.82) is 0 Å². The predicted molar refractivity (Wildman–Crippen MR) is 96.1 cm³/mol. The first-order valence-electron chi connectivity index (χ1n) is 6.88. The van der Waals surface area contributed by atoms with Gasteiger partial charge in [0.05, 0.1) is 6.54 Å². The molecule has 1 aromatic rings. The average molecular weight is 409 g/mol. The summed E-state index contributed by atoms with van der Waals surface area (Å²) in [6.07, 6.45) is -0.0435. The Morgan fingerprint density at radius 2 is 1.71 bits per heavy atom. The molecule has 0 amide bonds. The molecule has 0 bridgehead atoms. The van der Waals surface area contributed by atoms with Crippen LogP contribution in [0.3, 0.4) is 0 Å². The summed E-state index contributed by atoms with van der Waals surface area (Å²) in [5, 5.41) is 6.43. The lowest BCUT2D eigenvalue weighted by molar-refractivity contribution is 0.223. The van der Waals surface area contributed by atoms with E-state index in [-0.39, 0.29) is 35.9 Å². The van der Waals surface area contributed by atoms with Crippen LogP contribution < -0.4 is 15.4 Å². The first-order chi connectivity index (χ1) is 9.51. The molecular formula is C15H25FIN3O. The monoisotopic (exact) mass is 409 g/mol. The second kappa shape index (κ2) is 10.6. The van der Waals surface area contributed by atoms with E-state index in [4.69, 9.17) is 4.74 Å². The second-order valence-electron chi connectivity index (χ2n) is 5.11. The molecule has 21 heavy (non-hydrogen) atoms. The molecule has 0 saturated heterocycles. The van der Waals surface area contributed by atoms with Gasteiger partial charge in [-0.2, -0.15) is 0 Å². The summed E-state index contributed by atoms with van der Waals surface area (Å²) >= 11 is 0. The van der Waals surface area contributed by atoms with Crippen molar-refractivity contribution < 1.29 is 9.13 Å². The zero-order chi connectivity index (χ0) is 15.0. The lowest BCUT2D eigenvalue weighted by Crippen LogP contribution is -2.42. The Bertz CT molecular complexity index is 423. The molecule has 0 aliphatic heterocycles. The van der Waals surface area contributed by atoms with Gasteiger partial charge in [0.15, 0.2) is 5.96 Å². The molecule has 0 aromatic heterocycles. The van der Waals surface area contributed by atoms with E-state index in [2.05, 4.69) is 29.5 Å². The highest BCUT2D eigenvalue weighted by atomic mass is 127. The number of halogens is 2. The number of hydrogen-bond acceptors (Lipinski definition) is 2. The van der Waals surface area contributed by atoms with Crippen LogP contribution >= 0.6 is 24.0 Å². The SMILES string of the molecule is CN=C(NCC(C)C)NCC(C)Oc1ccc(F)cc1.I. The molecule has 120 valence electrons. The number of guanidine groups is 1. The number of rotatable bonds is 6. The summed E-state index contributed by atoms with van der Waals surface area (Å²) in [5.74, 6) is 1.71. The Kier molecular flexibility index (Phi) is 10.1. The third-order valence-corrected chi connectivity index (χ3v) is 2.61. The molecule has 0 spiro atoms. The van der Waals surface area contributed by atoms with Crippen LogP contribution in [0, 0.1) is 11.7 Å². The molecule has 1 unspecified atom stereocenters. The first-order valence-corrected chi connectivity index (χ1v) is 6.88. The summed E-state index contributed by atoms with van der Waals surface area (Å²) in [6.45, 7) is 7.72. The Balaban J connectivity index is 0.00000400. The van der Waals surface area contributed by atoms with Gasteiger partial charge in [0.25, 0.3) is 0 Å². The van der Waals surface area contributed by atoms with Crippen molar-refractivity contribution in [1.82, 2.24) is 10.6 Å². The molecule has 2 N–H and O–H groups in total. The number of benzene rings is 1. The predicted octanol–water partition coefficient (Wildman–Crippen LogP) is 3.03. The van der Waals surface area contributed by atoms with Crippen molar-refractivity contribution in [2.45, 2.75) is 26.9 Å². The van der Waals surface area contributed by atoms with E-state index < -0.39 is 0 Å². The van der Waals surface area contributed by atoms with E-state index in [1.54, 1.807) is 19.2 Å². The first kappa shape index (κ1) is 19.9. The highest BCUT2D eigenvalue weighted by Crippen LogP contribution is 2.12. The molecule has 0 radical (unpaired) electrons. The quantitative estimate of drug-likeness (QED) is 0.432. The maximum absolute atomic E-state index is 12.8. The minimum absolute atomic E-state index is 0. The van der Waals surface area contributed by atoms with Gasteiger partial charge in [0.2, 0.25) is 0 Å². The van der Waals surface area contributed by atoms with Crippen LogP contribution in [-0.4, -0.2) is 32.2 Å². The average Bonchev–Trinajstić information content (AvgIpc) is 2.41. The van der Waals surface area contributed by atoms with Crippen LogP contribution in [0.2, 0.25) is 0 Å². The highest BCUT2D eigenvalue weighted by molar-refractivity contribution is 14.0. The molecule has 1 aromatic carbocycles. The van der Waals surface area contributed by atoms with Crippen molar-refractivity contribution in [2.75, 3.05) is 20.1 Å². The van der Waals surface area contributed by atoms with Crippen LogP contribution in [0.15, 0.2) is 29.3 Å². The van der Waals surface area contributed by atoms with Crippen LogP contribution in [0.5, 0.6) is 5.75 Å². The molecule has 6 heteroatoms. The van der Waals surface area contributed by atoms with Crippen molar-refractivity contribution in [3.05, 3.63) is 30.1 Å². The van der Waals surface area contributed by atoms with Crippen molar-refractivity contribution in [3.63, 3.8) is 0 Å². The normalized spacial score (nSPS) is 12.6. The zero-order valence-electron chi connectivity index (χ0n) is 13.0. The molecule has 4 nitrogen and oxygen atoms in total. The minimum atomic E-state index is -0.263. The third kappa shape index (κ3) is 8.75. The Morgan fingerprint density at radius 3 is 2.24 bits per heavy atom. The van der Waals surface area contributed by atoms with Gasteiger partial charge >= 0.3 is 0 Å². The minimum Gasteiger partial charge on any atom is -0.489 e. The zero-order valence-corrected chi connectivity index (χ0v) is 15.4. The Hall–Kier alpha value is -1.05. The van der Waals surface area contributed by atoms with Gasteiger partial charge < -0.3 is 15.4 Å². The van der Waals surface area contributed by atoms with Gasteiger partial charge in [-0.05, 0) is 37.1 Å². The fourth-order valence-electron chi connectivity index (χ4n) is 1.55. The van der Waals surface area contributed by atoms with Gasteiger partial charge in [0.1, 0.15) is 17.7 Å². The van der Waals surface area contributed by atoms with Crippen molar-refractivity contribution >= 4 is 29.9 Å². The molecule has 0 aliphatic carbocycles. The summed E-state index contributed by atoms with van der Waals surface area (Å²) in [7, 11) is 1.74. The standard InChI is InChI=1S/C15H24FN3O.HI/c1-11(2)9-18-15(17-4)19-10-12(3)20-14-7-5-13(16)6-8-14;/h5-8,11-12H,9-10H2,1-4H3,(H2,17,18,19);1H. The molecule has 0 heterocycles. The van der Waals surface area contributed by atoms with Gasteiger partial charge in [-0.25, -0.2) is 4.39 Å². The third-order valence-electron chi connectivity index (χ3n) is 2.61. The molecule has 1 atom stereocenters. The Labute approximate surface area is 143 Å². The summed E-state index contributed by atoms with van der Waals surface area (Å²) in [5.41, 5.74) is 0. The van der Waals surface area contributed by atoms with E-state index >= 15 is 0 Å². The summed E-state index contributed by atoms with van der Waals surface area (Å²) in [6, 6.07) is 6.02. The van der Waals surface area contributed by atoms with Gasteiger partial charge in [-0.15, -0.1) is 24.0 Å². The molecular weight excluding hydrogens is 384 g/mol.